The van der Waals surface area contributed by atoms with E-state index >= 15 is 0 Å². The Labute approximate surface area is 141 Å². The highest BCUT2D eigenvalue weighted by Crippen LogP contribution is 2.12. The van der Waals surface area contributed by atoms with Crippen molar-refractivity contribution in [3.8, 4) is 0 Å². The van der Waals surface area contributed by atoms with Crippen LogP contribution in [0.15, 0.2) is 66.3 Å². The minimum Gasteiger partial charge on any atom is -0.267 e. The van der Waals surface area contributed by atoms with E-state index in [9.17, 15) is 13.6 Å². The summed E-state index contributed by atoms with van der Waals surface area (Å²) in [6.07, 6.45) is 2.75. The fourth-order valence-corrected chi connectivity index (χ4v) is 2.14. The van der Waals surface area contributed by atoms with Crippen LogP contribution in [0, 0.1) is 11.6 Å². The average Bonchev–Trinajstić information content (AvgIpc) is 3.12. The predicted octanol–water partition coefficient (Wildman–Crippen LogP) is 2.39. The fourth-order valence-electron chi connectivity index (χ4n) is 2.14. The molecule has 1 amide bonds. The monoisotopic (exact) mass is 341 g/mol. The van der Waals surface area contributed by atoms with E-state index in [0.717, 1.165) is 12.1 Å². The van der Waals surface area contributed by atoms with Gasteiger partial charge >= 0.3 is 0 Å². The number of amides is 1. The maximum absolute atomic E-state index is 14.1. The van der Waals surface area contributed by atoms with Crippen LogP contribution in [0.2, 0.25) is 0 Å². The van der Waals surface area contributed by atoms with Gasteiger partial charge in [0.25, 0.3) is 5.91 Å². The van der Waals surface area contributed by atoms with Crippen molar-refractivity contribution < 1.29 is 13.6 Å². The molecule has 0 aliphatic carbocycles. The molecule has 2 aromatic carbocycles. The number of nitrogens with one attached hydrogen (secondary N) is 1. The van der Waals surface area contributed by atoms with Crippen LogP contribution in [0.3, 0.4) is 0 Å². The molecule has 8 heteroatoms. The Balaban J connectivity index is 1.89. The summed E-state index contributed by atoms with van der Waals surface area (Å²) in [5.74, 6) is -1.93. The van der Waals surface area contributed by atoms with Crippen LogP contribution in [0.4, 0.5) is 8.78 Å². The first-order valence-electron chi connectivity index (χ1n) is 7.33. The summed E-state index contributed by atoms with van der Waals surface area (Å²) in [7, 11) is 0. The van der Waals surface area contributed by atoms with Gasteiger partial charge in [-0.3, -0.25) is 4.79 Å². The fraction of sp³-hybridized carbons (Fsp3) is 0.0588. The third-order valence-electron chi connectivity index (χ3n) is 3.35. The molecule has 6 nitrogen and oxygen atoms in total. The van der Waals surface area contributed by atoms with Gasteiger partial charge in [-0.25, -0.2) is 23.9 Å². The molecule has 126 valence electrons. The first-order valence-corrected chi connectivity index (χ1v) is 7.33. The molecule has 1 heterocycles. The average molecular weight is 341 g/mol. The smallest absolute Gasteiger partial charge is 0.267 e. The second kappa shape index (κ2) is 7.43. The van der Waals surface area contributed by atoms with Crippen molar-refractivity contribution in [2.75, 3.05) is 0 Å². The van der Waals surface area contributed by atoms with Crippen LogP contribution in [0.1, 0.15) is 15.9 Å². The predicted molar refractivity (Wildman–Crippen MR) is 86.8 cm³/mol. The van der Waals surface area contributed by atoms with Gasteiger partial charge in [0.15, 0.2) is 0 Å². The molecule has 3 aromatic rings. The summed E-state index contributed by atoms with van der Waals surface area (Å²) in [5, 5.41) is 7.93. The number of rotatable bonds is 5. The summed E-state index contributed by atoms with van der Waals surface area (Å²) in [6.45, 7) is 0.0532. The third-order valence-corrected chi connectivity index (χ3v) is 3.35. The van der Waals surface area contributed by atoms with Gasteiger partial charge in [0.1, 0.15) is 24.3 Å². The lowest BCUT2D eigenvalue weighted by Crippen LogP contribution is -2.23. The molecule has 0 saturated carbocycles. The van der Waals surface area contributed by atoms with Crippen molar-refractivity contribution in [1.29, 1.82) is 0 Å². The molecule has 1 N–H and O–H groups in total. The molecule has 0 unspecified atom stereocenters. The Morgan fingerprint density at radius 1 is 1.16 bits per heavy atom. The quantitative estimate of drug-likeness (QED) is 0.572. The maximum atomic E-state index is 14.1. The van der Waals surface area contributed by atoms with Crippen molar-refractivity contribution in [3.63, 3.8) is 0 Å². The van der Waals surface area contributed by atoms with Gasteiger partial charge in [-0.15, -0.1) is 0 Å². The molecule has 0 bridgehead atoms. The van der Waals surface area contributed by atoms with E-state index in [-0.39, 0.29) is 17.8 Å². The van der Waals surface area contributed by atoms with E-state index in [1.807, 2.05) is 0 Å². The van der Waals surface area contributed by atoms with Gasteiger partial charge in [0.05, 0.1) is 12.3 Å². The molecular weight excluding hydrogens is 328 g/mol. The van der Waals surface area contributed by atoms with Crippen LogP contribution in [0.5, 0.6) is 0 Å². The van der Waals surface area contributed by atoms with Gasteiger partial charge in [-0.1, -0.05) is 18.2 Å². The van der Waals surface area contributed by atoms with Gasteiger partial charge in [-0.2, -0.15) is 10.2 Å². The van der Waals surface area contributed by atoms with Crippen molar-refractivity contribution in [2.24, 2.45) is 5.10 Å². The Kier molecular flexibility index (Phi) is 4.89. The lowest BCUT2D eigenvalue weighted by atomic mass is 10.1. The van der Waals surface area contributed by atoms with E-state index in [0.29, 0.717) is 5.56 Å². The summed E-state index contributed by atoms with van der Waals surface area (Å²) >= 11 is 0. The van der Waals surface area contributed by atoms with Crippen molar-refractivity contribution in [1.82, 2.24) is 20.2 Å². The highest BCUT2D eigenvalue weighted by atomic mass is 19.1. The number of hydrogen-bond donors (Lipinski definition) is 1. The normalized spacial score (nSPS) is 11.4. The standard InChI is InChI=1S/C17H13F2N5O/c18-13-6-7-14(15(19)8-13)16(9-24-11-20-10-21-24)22-23-17(25)12-4-2-1-3-5-12/h1-8,10-11H,9H2,(H,23,25)/b22-16+. The second-order valence-electron chi connectivity index (χ2n) is 5.08. The van der Waals surface area contributed by atoms with Crippen LogP contribution in [0.25, 0.3) is 0 Å². The highest BCUT2D eigenvalue weighted by Gasteiger charge is 2.13. The molecule has 0 aliphatic heterocycles. The zero-order valence-electron chi connectivity index (χ0n) is 12.9. The SMILES string of the molecule is O=C(N/N=C(\Cn1cncn1)c1ccc(F)cc1F)c1ccccc1. The van der Waals surface area contributed by atoms with Crippen LogP contribution >= 0.6 is 0 Å². The number of carbonyl (C=O) groups excluding carboxylic acids is 1. The van der Waals surface area contributed by atoms with E-state index in [2.05, 4.69) is 20.6 Å². The Morgan fingerprint density at radius 3 is 2.64 bits per heavy atom. The van der Waals surface area contributed by atoms with Gasteiger partial charge in [0, 0.05) is 17.2 Å². The molecule has 0 atom stereocenters. The Hall–Kier alpha value is -3.42. The number of carbonyl (C=O) groups is 1. The van der Waals surface area contributed by atoms with E-state index in [4.69, 9.17) is 0 Å². The zero-order chi connectivity index (χ0) is 17.6. The minimum absolute atomic E-state index is 0.0532. The molecule has 3 rings (SSSR count). The number of halogens is 2. The van der Waals surface area contributed by atoms with Crippen molar-refractivity contribution >= 4 is 11.6 Å². The number of hydrogen-bond acceptors (Lipinski definition) is 4. The van der Waals surface area contributed by atoms with Gasteiger partial charge < -0.3 is 0 Å². The van der Waals surface area contributed by atoms with Crippen molar-refractivity contribution in [2.45, 2.75) is 6.54 Å². The number of hydrazone groups is 1. The lowest BCUT2D eigenvalue weighted by Gasteiger charge is -2.09. The van der Waals surface area contributed by atoms with E-state index in [1.54, 1.807) is 30.3 Å². The summed E-state index contributed by atoms with van der Waals surface area (Å²) < 4.78 is 28.7. The lowest BCUT2D eigenvalue weighted by molar-refractivity contribution is 0.0954. The molecule has 25 heavy (non-hydrogen) atoms. The summed E-state index contributed by atoms with van der Waals surface area (Å²) in [4.78, 5) is 15.9. The van der Waals surface area contributed by atoms with Gasteiger partial charge in [-0.05, 0) is 24.3 Å². The van der Waals surface area contributed by atoms with E-state index < -0.39 is 17.5 Å². The first-order chi connectivity index (χ1) is 12.1. The summed E-state index contributed by atoms with van der Waals surface area (Å²) in [6, 6.07) is 11.6. The molecule has 0 radical (unpaired) electrons. The second-order valence-corrected chi connectivity index (χ2v) is 5.08. The molecule has 0 fully saturated rings. The Bertz CT molecular complexity index is 895. The number of benzene rings is 2. The molecule has 1 aromatic heterocycles. The third kappa shape index (κ3) is 4.11. The maximum Gasteiger partial charge on any atom is 0.271 e. The minimum atomic E-state index is -0.784. The Morgan fingerprint density at radius 2 is 1.96 bits per heavy atom. The number of aromatic nitrogens is 3. The number of nitrogens with zero attached hydrogens (tertiary/aromatic N) is 4. The van der Waals surface area contributed by atoms with Crippen LogP contribution in [-0.4, -0.2) is 26.4 Å². The molecule has 0 spiro atoms. The topological polar surface area (TPSA) is 72.2 Å². The van der Waals surface area contributed by atoms with E-state index in [1.165, 1.54) is 23.4 Å². The largest absolute Gasteiger partial charge is 0.271 e. The van der Waals surface area contributed by atoms with Crippen LogP contribution in [-0.2, 0) is 6.54 Å². The molecule has 0 aliphatic rings. The van der Waals surface area contributed by atoms with Crippen molar-refractivity contribution in [3.05, 3.63) is 83.9 Å². The summed E-state index contributed by atoms with van der Waals surface area (Å²) in [5.41, 5.74) is 3.02. The molecule has 0 saturated heterocycles. The highest BCUT2D eigenvalue weighted by molar-refractivity contribution is 6.02. The van der Waals surface area contributed by atoms with Crippen LogP contribution < -0.4 is 5.43 Å². The zero-order valence-corrected chi connectivity index (χ0v) is 12.9. The molecular formula is C17H13F2N5O. The van der Waals surface area contributed by atoms with Gasteiger partial charge in [0.2, 0.25) is 0 Å². The first kappa shape index (κ1) is 16.4.